The van der Waals surface area contributed by atoms with Crippen molar-refractivity contribution in [2.75, 3.05) is 0 Å². The summed E-state index contributed by atoms with van der Waals surface area (Å²) in [4.78, 5) is 20.4. The minimum absolute atomic E-state index is 0.250. The van der Waals surface area contributed by atoms with Crippen LogP contribution in [0.15, 0.2) is 59.0 Å². The summed E-state index contributed by atoms with van der Waals surface area (Å²) < 4.78 is 5.31. The van der Waals surface area contributed by atoms with E-state index < -0.39 is 5.97 Å². The van der Waals surface area contributed by atoms with Crippen LogP contribution in [0.2, 0.25) is 10.0 Å². The molecule has 0 spiro atoms. The number of ether oxygens (including phenoxy) is 1. The zero-order chi connectivity index (χ0) is 16.9. The Morgan fingerprint density at radius 2 is 1.96 bits per heavy atom. The summed E-state index contributed by atoms with van der Waals surface area (Å²) in [6.07, 6.45) is 3.39. The summed E-state index contributed by atoms with van der Waals surface area (Å²) in [5, 5.41) is 3.25. The number of carbonyl (C=O) groups excluding carboxylic acids is 1. The van der Waals surface area contributed by atoms with Gasteiger partial charge in [0, 0.05) is 22.8 Å². The predicted octanol–water partition coefficient (Wildman–Crippen LogP) is 5.42. The molecule has 1 heterocycles. The van der Waals surface area contributed by atoms with Gasteiger partial charge >= 0.3 is 5.97 Å². The summed E-state index contributed by atoms with van der Waals surface area (Å²) in [6, 6.07) is 11.6. The van der Waals surface area contributed by atoms with Crippen LogP contribution in [0, 0.1) is 0 Å². The average Bonchev–Trinajstić information content (AvgIpc) is 3.07. The lowest BCUT2D eigenvalue weighted by Gasteiger charge is -2.06. The minimum Gasteiger partial charge on any atom is -0.423 e. The largest absolute Gasteiger partial charge is 0.423 e. The number of hydrogen-bond donors (Lipinski definition) is 0. The second-order valence-electron chi connectivity index (χ2n) is 4.66. The number of esters is 1. The second kappa shape index (κ2) is 7.57. The Morgan fingerprint density at radius 3 is 2.62 bits per heavy atom. The summed E-state index contributed by atoms with van der Waals surface area (Å²) in [5.74, 6) is -0.127. The molecule has 0 amide bonds. The molecule has 4 nitrogen and oxygen atoms in total. The Balaban J connectivity index is 1.68. The highest BCUT2D eigenvalue weighted by atomic mass is 35.5. The van der Waals surface area contributed by atoms with E-state index in [2.05, 4.69) is 9.98 Å². The first kappa shape index (κ1) is 16.6. The van der Waals surface area contributed by atoms with Crippen LogP contribution in [0.25, 0.3) is 0 Å². The maximum absolute atomic E-state index is 12.1. The van der Waals surface area contributed by atoms with Gasteiger partial charge in [-0.3, -0.25) is 0 Å². The number of aromatic nitrogens is 1. The smallest absolute Gasteiger partial charge is 0.345 e. The first-order valence-corrected chi connectivity index (χ1v) is 8.46. The SMILES string of the molecule is O=C(Oc1ccc(C=Nc2nccs2)cc1)c1ccc(Cl)cc1Cl. The van der Waals surface area contributed by atoms with Crippen molar-refractivity contribution in [3.8, 4) is 5.75 Å². The highest BCUT2D eigenvalue weighted by Crippen LogP contribution is 2.23. The van der Waals surface area contributed by atoms with Crippen molar-refractivity contribution in [3.63, 3.8) is 0 Å². The van der Waals surface area contributed by atoms with Crippen LogP contribution in [0.1, 0.15) is 15.9 Å². The van der Waals surface area contributed by atoms with Crippen LogP contribution in [0.3, 0.4) is 0 Å². The van der Waals surface area contributed by atoms with Gasteiger partial charge in [-0.05, 0) is 48.0 Å². The van der Waals surface area contributed by atoms with Gasteiger partial charge < -0.3 is 4.74 Å². The van der Waals surface area contributed by atoms with E-state index in [9.17, 15) is 4.79 Å². The molecule has 0 fully saturated rings. The van der Waals surface area contributed by atoms with Gasteiger partial charge in [-0.25, -0.2) is 14.8 Å². The molecule has 2 aromatic carbocycles. The highest BCUT2D eigenvalue weighted by Gasteiger charge is 2.13. The lowest BCUT2D eigenvalue weighted by molar-refractivity contribution is 0.0735. The van der Waals surface area contributed by atoms with Crippen molar-refractivity contribution in [3.05, 3.63) is 75.2 Å². The molecule has 24 heavy (non-hydrogen) atoms. The first-order valence-electron chi connectivity index (χ1n) is 6.83. The fourth-order valence-electron chi connectivity index (χ4n) is 1.85. The minimum atomic E-state index is -0.541. The van der Waals surface area contributed by atoms with E-state index in [4.69, 9.17) is 27.9 Å². The second-order valence-corrected chi connectivity index (χ2v) is 6.37. The third-order valence-corrected chi connectivity index (χ3v) is 4.21. The number of aliphatic imine (C=N–C) groups is 1. The van der Waals surface area contributed by atoms with Crippen molar-refractivity contribution in [2.45, 2.75) is 0 Å². The fraction of sp³-hybridized carbons (Fsp3) is 0. The molecule has 0 bridgehead atoms. The summed E-state index contributed by atoms with van der Waals surface area (Å²) in [7, 11) is 0. The Labute approximate surface area is 152 Å². The molecule has 7 heteroatoms. The molecule has 120 valence electrons. The molecular formula is C17H10Cl2N2O2S. The molecule has 0 aliphatic rings. The van der Waals surface area contributed by atoms with E-state index in [1.165, 1.54) is 23.5 Å². The van der Waals surface area contributed by atoms with E-state index in [0.29, 0.717) is 15.9 Å². The zero-order valence-electron chi connectivity index (χ0n) is 12.1. The van der Waals surface area contributed by atoms with Crippen molar-refractivity contribution >= 4 is 51.9 Å². The summed E-state index contributed by atoms with van der Waals surface area (Å²) in [6.45, 7) is 0. The Morgan fingerprint density at radius 1 is 1.17 bits per heavy atom. The third kappa shape index (κ3) is 4.20. The maximum Gasteiger partial charge on any atom is 0.345 e. The number of hydrogen-bond acceptors (Lipinski definition) is 5. The van der Waals surface area contributed by atoms with Gasteiger partial charge in [0.2, 0.25) is 5.13 Å². The van der Waals surface area contributed by atoms with Crippen LogP contribution in [-0.2, 0) is 0 Å². The van der Waals surface area contributed by atoms with Crippen LogP contribution < -0.4 is 4.74 Å². The van der Waals surface area contributed by atoms with Crippen molar-refractivity contribution in [1.29, 1.82) is 0 Å². The lowest BCUT2D eigenvalue weighted by Crippen LogP contribution is -2.09. The molecule has 0 aliphatic heterocycles. The molecule has 3 aromatic rings. The summed E-state index contributed by atoms with van der Waals surface area (Å²) in [5.41, 5.74) is 1.13. The topological polar surface area (TPSA) is 51.5 Å². The molecule has 0 radical (unpaired) electrons. The number of benzene rings is 2. The van der Waals surface area contributed by atoms with Gasteiger partial charge in [0.05, 0.1) is 10.6 Å². The normalized spacial score (nSPS) is 10.9. The monoisotopic (exact) mass is 376 g/mol. The predicted molar refractivity (Wildman–Crippen MR) is 97.2 cm³/mol. The molecule has 0 N–H and O–H groups in total. The zero-order valence-corrected chi connectivity index (χ0v) is 14.5. The molecule has 0 saturated heterocycles. The van der Waals surface area contributed by atoms with Gasteiger partial charge in [-0.1, -0.05) is 23.2 Å². The van der Waals surface area contributed by atoms with Crippen LogP contribution in [-0.4, -0.2) is 17.2 Å². The van der Waals surface area contributed by atoms with Crippen LogP contribution >= 0.6 is 34.5 Å². The van der Waals surface area contributed by atoms with Gasteiger partial charge in [-0.2, -0.15) is 0 Å². The van der Waals surface area contributed by atoms with Gasteiger partial charge in [-0.15, -0.1) is 11.3 Å². The molecule has 1 aromatic heterocycles. The Kier molecular flexibility index (Phi) is 5.25. The van der Waals surface area contributed by atoms with E-state index in [1.54, 1.807) is 42.7 Å². The van der Waals surface area contributed by atoms with Crippen molar-refractivity contribution in [2.24, 2.45) is 4.99 Å². The van der Waals surface area contributed by atoms with Crippen molar-refractivity contribution < 1.29 is 9.53 Å². The molecule has 0 saturated carbocycles. The maximum atomic E-state index is 12.1. The highest BCUT2D eigenvalue weighted by molar-refractivity contribution is 7.13. The summed E-state index contributed by atoms with van der Waals surface area (Å²) >= 11 is 13.3. The number of thiazole rings is 1. The molecular weight excluding hydrogens is 367 g/mol. The van der Waals surface area contributed by atoms with Gasteiger partial charge in [0.1, 0.15) is 5.75 Å². The van der Waals surface area contributed by atoms with E-state index in [1.807, 2.05) is 5.38 Å². The Hall–Kier alpha value is -2.21. The third-order valence-electron chi connectivity index (χ3n) is 2.99. The van der Waals surface area contributed by atoms with Crippen LogP contribution in [0.5, 0.6) is 5.75 Å². The first-order chi connectivity index (χ1) is 11.6. The number of nitrogens with zero attached hydrogens (tertiary/aromatic N) is 2. The molecule has 3 rings (SSSR count). The fourth-order valence-corrected chi connectivity index (χ4v) is 2.81. The molecule has 0 unspecified atom stereocenters. The molecule has 0 atom stereocenters. The lowest BCUT2D eigenvalue weighted by atomic mass is 10.2. The van der Waals surface area contributed by atoms with Crippen molar-refractivity contribution in [1.82, 2.24) is 4.98 Å². The van der Waals surface area contributed by atoms with Gasteiger partial charge in [0.25, 0.3) is 0 Å². The Bertz CT molecular complexity index is 878. The number of halogens is 2. The van der Waals surface area contributed by atoms with Crippen LogP contribution in [0.4, 0.5) is 5.13 Å². The van der Waals surface area contributed by atoms with Gasteiger partial charge in [0.15, 0.2) is 0 Å². The average molecular weight is 377 g/mol. The standard InChI is InChI=1S/C17H10Cl2N2O2S/c18-12-3-6-14(15(19)9-12)16(22)23-13-4-1-11(2-5-13)10-21-17-20-7-8-24-17/h1-10H. The quantitative estimate of drug-likeness (QED) is 0.347. The molecule has 0 aliphatic carbocycles. The van der Waals surface area contributed by atoms with E-state index in [-0.39, 0.29) is 10.6 Å². The van der Waals surface area contributed by atoms with E-state index >= 15 is 0 Å². The van der Waals surface area contributed by atoms with E-state index in [0.717, 1.165) is 5.56 Å². The number of rotatable bonds is 4. The number of carbonyl (C=O) groups is 1.